The number of ether oxygens (including phenoxy) is 1. The van der Waals surface area contributed by atoms with Crippen LogP contribution >= 0.6 is 24.0 Å². The van der Waals surface area contributed by atoms with Crippen LogP contribution in [0.2, 0.25) is 5.02 Å². The Morgan fingerprint density at radius 2 is 1.79 bits per heavy atom. The van der Waals surface area contributed by atoms with E-state index in [0.717, 1.165) is 19.6 Å². The van der Waals surface area contributed by atoms with Gasteiger partial charge in [0.25, 0.3) is 5.91 Å². The second kappa shape index (κ2) is 15.3. The molecule has 0 heterocycles. The molecule has 9 N–H and O–H groups in total. The summed E-state index contributed by atoms with van der Waals surface area (Å²) in [6.07, 6.45) is 0. The number of nitrogens with two attached hydrogens (primary N) is 1. The van der Waals surface area contributed by atoms with Gasteiger partial charge in [0.2, 0.25) is 0 Å². The van der Waals surface area contributed by atoms with E-state index < -0.39 is 0 Å². The van der Waals surface area contributed by atoms with Crippen molar-refractivity contribution < 1.29 is 26.0 Å². The third-order valence-electron chi connectivity index (χ3n) is 3.17. The number of nitrogens with zero attached hydrogens (tertiary/aromatic N) is 1. The first-order valence-corrected chi connectivity index (χ1v) is 7.04. The van der Waals surface area contributed by atoms with Gasteiger partial charge < -0.3 is 37.1 Å². The molecular formula is C14H29Cl2N3O5. The molecule has 0 unspecified atom stereocenters. The highest BCUT2D eigenvalue weighted by Crippen LogP contribution is 2.28. The third-order valence-corrected chi connectivity index (χ3v) is 3.50. The number of halogens is 2. The number of rotatable bonds is 7. The first-order chi connectivity index (χ1) is 9.53. The quantitative estimate of drug-likeness (QED) is 0.624. The minimum absolute atomic E-state index is 0. The number of hydrogen-bond donors (Lipinski definition) is 2. The van der Waals surface area contributed by atoms with Crippen molar-refractivity contribution in [2.45, 2.75) is 13.8 Å². The van der Waals surface area contributed by atoms with Gasteiger partial charge in [-0.2, -0.15) is 0 Å². The van der Waals surface area contributed by atoms with Crippen LogP contribution in [0.25, 0.3) is 0 Å². The predicted molar refractivity (Wildman–Crippen MR) is 101 cm³/mol. The summed E-state index contributed by atoms with van der Waals surface area (Å²) in [6.45, 7) is 7.49. The van der Waals surface area contributed by atoms with Crippen molar-refractivity contribution in [3.63, 3.8) is 0 Å². The van der Waals surface area contributed by atoms with Gasteiger partial charge in [-0.05, 0) is 19.2 Å². The fraction of sp³-hybridized carbons (Fsp3) is 0.500. The Labute approximate surface area is 153 Å². The first kappa shape index (κ1) is 30.6. The Bertz CT molecular complexity index is 474. The van der Waals surface area contributed by atoms with E-state index in [2.05, 4.69) is 24.1 Å². The normalized spacial score (nSPS) is 8.88. The molecule has 24 heavy (non-hydrogen) atoms. The fourth-order valence-electron chi connectivity index (χ4n) is 1.88. The number of carbonyl (C=O) groups is 1. The number of nitrogen functional groups attached to an aromatic ring is 1. The Morgan fingerprint density at radius 3 is 2.25 bits per heavy atom. The van der Waals surface area contributed by atoms with Gasteiger partial charge in [-0.1, -0.05) is 25.4 Å². The van der Waals surface area contributed by atoms with Crippen LogP contribution in [-0.2, 0) is 0 Å². The molecule has 0 aliphatic carbocycles. The Hall–Kier alpha value is -1.29. The van der Waals surface area contributed by atoms with Crippen molar-refractivity contribution in [3.8, 4) is 5.75 Å². The van der Waals surface area contributed by atoms with E-state index in [1.54, 1.807) is 6.07 Å². The summed E-state index contributed by atoms with van der Waals surface area (Å²) in [7, 11) is 1.50. The summed E-state index contributed by atoms with van der Waals surface area (Å²) in [5, 5.41) is 3.21. The van der Waals surface area contributed by atoms with Crippen molar-refractivity contribution in [2.24, 2.45) is 0 Å². The van der Waals surface area contributed by atoms with E-state index >= 15 is 0 Å². The molecular weight excluding hydrogens is 361 g/mol. The highest BCUT2D eigenvalue weighted by molar-refractivity contribution is 6.33. The van der Waals surface area contributed by atoms with E-state index in [1.807, 2.05) is 0 Å². The monoisotopic (exact) mass is 389 g/mol. The lowest BCUT2D eigenvalue weighted by atomic mass is 10.1. The lowest BCUT2D eigenvalue weighted by molar-refractivity contribution is 0.0946. The molecule has 0 radical (unpaired) electrons. The van der Waals surface area contributed by atoms with Crippen LogP contribution in [-0.4, -0.2) is 60.5 Å². The average Bonchev–Trinajstić information content (AvgIpc) is 2.45. The molecule has 0 saturated heterocycles. The van der Waals surface area contributed by atoms with Crippen molar-refractivity contribution in [1.82, 2.24) is 10.2 Å². The average molecular weight is 390 g/mol. The molecule has 0 aliphatic heterocycles. The SMILES string of the molecule is CCN(CC)CCNC(=O)c1cc(Cl)c(N)cc1OC.Cl.O.O.O. The topological polar surface area (TPSA) is 162 Å². The maximum Gasteiger partial charge on any atom is 0.255 e. The summed E-state index contributed by atoms with van der Waals surface area (Å²) in [4.78, 5) is 14.4. The lowest BCUT2D eigenvalue weighted by Gasteiger charge is -2.18. The molecule has 1 rings (SSSR count). The summed E-state index contributed by atoms with van der Waals surface area (Å²) >= 11 is 5.95. The second-order valence-electron chi connectivity index (χ2n) is 4.36. The van der Waals surface area contributed by atoms with Crippen LogP contribution in [0, 0.1) is 0 Å². The zero-order valence-corrected chi connectivity index (χ0v) is 15.7. The Kier molecular flexibility index (Phi) is 19.4. The maximum absolute atomic E-state index is 12.1. The molecule has 0 aromatic heterocycles. The largest absolute Gasteiger partial charge is 0.496 e. The molecule has 0 aliphatic rings. The molecule has 10 heteroatoms. The van der Waals surface area contributed by atoms with Gasteiger partial charge in [0.15, 0.2) is 0 Å². The van der Waals surface area contributed by atoms with E-state index in [9.17, 15) is 4.79 Å². The van der Waals surface area contributed by atoms with Gasteiger partial charge in [0, 0.05) is 19.2 Å². The molecule has 8 nitrogen and oxygen atoms in total. The number of likely N-dealkylation sites (N-methyl/N-ethyl adjacent to an activating group) is 1. The van der Waals surface area contributed by atoms with Crippen LogP contribution in [0.4, 0.5) is 5.69 Å². The number of anilines is 1. The van der Waals surface area contributed by atoms with Gasteiger partial charge in [-0.25, -0.2) is 0 Å². The Morgan fingerprint density at radius 1 is 1.25 bits per heavy atom. The van der Waals surface area contributed by atoms with Gasteiger partial charge in [0.1, 0.15) is 5.75 Å². The molecule has 1 aromatic carbocycles. The number of carbonyl (C=O) groups excluding carboxylic acids is 1. The molecule has 0 fully saturated rings. The number of hydrogen-bond acceptors (Lipinski definition) is 4. The molecule has 0 saturated carbocycles. The second-order valence-corrected chi connectivity index (χ2v) is 4.76. The molecule has 144 valence electrons. The standard InChI is InChI=1S/C14H22ClN3O2.ClH.3H2O/c1-4-18(5-2)7-6-17-14(19)10-8-11(15)12(16)9-13(10)20-3;;;;/h8-9H,4-7,16H2,1-3H3,(H,17,19);1H;3*1H2. The minimum Gasteiger partial charge on any atom is -0.496 e. The third kappa shape index (κ3) is 8.53. The van der Waals surface area contributed by atoms with E-state index in [4.69, 9.17) is 22.1 Å². The summed E-state index contributed by atoms with van der Waals surface area (Å²) in [5.74, 6) is 0.211. The maximum atomic E-state index is 12.1. The van der Waals surface area contributed by atoms with E-state index in [0.29, 0.717) is 28.6 Å². The highest BCUT2D eigenvalue weighted by atomic mass is 35.5. The van der Waals surface area contributed by atoms with Crippen molar-refractivity contribution in [1.29, 1.82) is 0 Å². The van der Waals surface area contributed by atoms with Crippen molar-refractivity contribution in [2.75, 3.05) is 39.0 Å². The van der Waals surface area contributed by atoms with E-state index in [-0.39, 0.29) is 34.7 Å². The van der Waals surface area contributed by atoms with E-state index in [1.165, 1.54) is 13.2 Å². The summed E-state index contributed by atoms with van der Waals surface area (Å²) < 4.78 is 5.16. The minimum atomic E-state index is -0.212. The predicted octanol–water partition coefficient (Wildman–Crippen LogP) is -0.0499. The van der Waals surface area contributed by atoms with Crippen LogP contribution in [0.15, 0.2) is 12.1 Å². The number of benzene rings is 1. The van der Waals surface area contributed by atoms with Crippen LogP contribution in [0.5, 0.6) is 5.75 Å². The van der Waals surface area contributed by atoms with Crippen LogP contribution < -0.4 is 15.8 Å². The van der Waals surface area contributed by atoms with Crippen molar-refractivity contribution >= 4 is 35.6 Å². The van der Waals surface area contributed by atoms with Crippen LogP contribution in [0.1, 0.15) is 24.2 Å². The Balaban J connectivity index is -0.000000500. The van der Waals surface area contributed by atoms with Crippen LogP contribution in [0.3, 0.4) is 0 Å². The summed E-state index contributed by atoms with van der Waals surface area (Å²) in [5.41, 5.74) is 6.48. The smallest absolute Gasteiger partial charge is 0.255 e. The highest BCUT2D eigenvalue weighted by Gasteiger charge is 2.14. The number of amides is 1. The fourth-order valence-corrected chi connectivity index (χ4v) is 2.04. The van der Waals surface area contributed by atoms with Gasteiger partial charge >= 0.3 is 0 Å². The lowest BCUT2D eigenvalue weighted by Crippen LogP contribution is -2.34. The zero-order chi connectivity index (χ0) is 15.1. The molecule has 0 atom stereocenters. The number of nitrogens with one attached hydrogen (secondary N) is 1. The molecule has 1 aromatic rings. The van der Waals surface area contributed by atoms with Gasteiger partial charge in [0.05, 0.1) is 23.4 Å². The number of methoxy groups -OCH3 is 1. The first-order valence-electron chi connectivity index (χ1n) is 6.67. The van der Waals surface area contributed by atoms with Gasteiger partial charge in [-0.15, -0.1) is 12.4 Å². The summed E-state index contributed by atoms with van der Waals surface area (Å²) in [6, 6.07) is 3.09. The molecule has 0 spiro atoms. The molecule has 1 amide bonds. The molecule has 0 bridgehead atoms. The van der Waals surface area contributed by atoms with Crippen molar-refractivity contribution in [3.05, 3.63) is 22.7 Å². The van der Waals surface area contributed by atoms with Gasteiger partial charge in [-0.3, -0.25) is 4.79 Å². The zero-order valence-electron chi connectivity index (χ0n) is 14.1.